The molecule has 0 saturated carbocycles. The molecule has 1 aliphatic heterocycles. The Balaban J connectivity index is 2.18. The summed E-state index contributed by atoms with van der Waals surface area (Å²) in [7, 11) is 0. The minimum absolute atomic E-state index is 0.896. The summed E-state index contributed by atoms with van der Waals surface area (Å²) in [6, 6.07) is 0. The Bertz CT molecular complexity index is 119. The summed E-state index contributed by atoms with van der Waals surface area (Å²) in [5.41, 5.74) is 0. The first-order chi connectivity index (χ1) is 6.36. The van der Waals surface area contributed by atoms with Crippen LogP contribution in [0.5, 0.6) is 0 Å². The molecule has 0 aliphatic carbocycles. The van der Waals surface area contributed by atoms with Gasteiger partial charge in [-0.3, -0.25) is 0 Å². The van der Waals surface area contributed by atoms with E-state index in [0.717, 1.165) is 25.0 Å². The van der Waals surface area contributed by atoms with Gasteiger partial charge in [0.05, 0.1) is 0 Å². The van der Waals surface area contributed by atoms with Crippen molar-refractivity contribution in [1.29, 1.82) is 0 Å². The molecule has 0 amide bonds. The molecule has 2 heteroatoms. The van der Waals surface area contributed by atoms with E-state index >= 15 is 0 Å². The SMILES string of the molecule is CCCC(CBr)CC1CCOCC1. The molecule has 0 aromatic heterocycles. The van der Waals surface area contributed by atoms with Crippen LogP contribution in [0.25, 0.3) is 0 Å². The molecule has 0 radical (unpaired) electrons. The monoisotopic (exact) mass is 248 g/mol. The van der Waals surface area contributed by atoms with Gasteiger partial charge in [0.15, 0.2) is 0 Å². The summed E-state index contributed by atoms with van der Waals surface area (Å²) in [5.74, 6) is 1.83. The van der Waals surface area contributed by atoms with Crippen molar-refractivity contribution in [3.63, 3.8) is 0 Å². The standard InChI is InChI=1S/C11H21BrO/c1-2-3-11(9-12)8-10-4-6-13-7-5-10/h10-11H,2-9H2,1H3. The van der Waals surface area contributed by atoms with Gasteiger partial charge >= 0.3 is 0 Å². The Labute approximate surface area is 90.4 Å². The van der Waals surface area contributed by atoms with E-state index < -0.39 is 0 Å². The van der Waals surface area contributed by atoms with Gasteiger partial charge in [-0.1, -0.05) is 29.3 Å². The van der Waals surface area contributed by atoms with E-state index in [-0.39, 0.29) is 0 Å². The zero-order chi connectivity index (χ0) is 9.52. The fourth-order valence-electron chi connectivity index (χ4n) is 2.12. The highest BCUT2D eigenvalue weighted by atomic mass is 79.9. The quantitative estimate of drug-likeness (QED) is 0.676. The second-order valence-electron chi connectivity index (χ2n) is 4.10. The molecule has 1 nitrogen and oxygen atoms in total. The van der Waals surface area contributed by atoms with Crippen LogP contribution in [0.4, 0.5) is 0 Å². The zero-order valence-electron chi connectivity index (χ0n) is 8.60. The topological polar surface area (TPSA) is 9.23 Å². The normalized spacial score (nSPS) is 21.7. The van der Waals surface area contributed by atoms with E-state index in [2.05, 4.69) is 22.9 Å². The first kappa shape index (κ1) is 11.5. The molecule has 1 unspecified atom stereocenters. The molecule has 0 N–H and O–H groups in total. The van der Waals surface area contributed by atoms with Crippen LogP contribution in [0.1, 0.15) is 39.0 Å². The van der Waals surface area contributed by atoms with Crippen molar-refractivity contribution in [2.24, 2.45) is 11.8 Å². The molecular weight excluding hydrogens is 228 g/mol. The van der Waals surface area contributed by atoms with Crippen molar-refractivity contribution >= 4 is 15.9 Å². The molecule has 1 rings (SSSR count). The maximum atomic E-state index is 5.36. The van der Waals surface area contributed by atoms with Gasteiger partial charge in [-0.25, -0.2) is 0 Å². The molecule has 1 aliphatic rings. The first-order valence-electron chi connectivity index (χ1n) is 5.50. The summed E-state index contributed by atoms with van der Waals surface area (Å²) < 4.78 is 5.36. The maximum Gasteiger partial charge on any atom is 0.0468 e. The van der Waals surface area contributed by atoms with E-state index in [1.54, 1.807) is 0 Å². The number of alkyl halides is 1. The van der Waals surface area contributed by atoms with Crippen molar-refractivity contribution in [1.82, 2.24) is 0 Å². The molecule has 1 atom stereocenters. The molecule has 0 bridgehead atoms. The number of rotatable bonds is 5. The second-order valence-corrected chi connectivity index (χ2v) is 4.75. The zero-order valence-corrected chi connectivity index (χ0v) is 10.2. The van der Waals surface area contributed by atoms with Gasteiger partial charge in [0.2, 0.25) is 0 Å². The van der Waals surface area contributed by atoms with Crippen LogP contribution in [0.15, 0.2) is 0 Å². The van der Waals surface area contributed by atoms with E-state index in [1.165, 1.54) is 37.4 Å². The van der Waals surface area contributed by atoms with E-state index in [1.807, 2.05) is 0 Å². The fraction of sp³-hybridized carbons (Fsp3) is 1.00. The third-order valence-corrected chi connectivity index (χ3v) is 3.84. The smallest absolute Gasteiger partial charge is 0.0468 e. The lowest BCUT2D eigenvalue weighted by Crippen LogP contribution is -2.19. The predicted molar refractivity (Wildman–Crippen MR) is 60.4 cm³/mol. The number of hydrogen-bond acceptors (Lipinski definition) is 1. The van der Waals surface area contributed by atoms with Crippen LogP contribution >= 0.6 is 15.9 Å². The molecule has 1 saturated heterocycles. The molecule has 1 heterocycles. The summed E-state index contributed by atoms with van der Waals surface area (Å²) in [5, 5.41) is 1.18. The lowest BCUT2D eigenvalue weighted by atomic mass is 9.88. The summed E-state index contributed by atoms with van der Waals surface area (Å²) in [4.78, 5) is 0. The minimum Gasteiger partial charge on any atom is -0.381 e. The van der Waals surface area contributed by atoms with Crippen LogP contribution in [0, 0.1) is 11.8 Å². The van der Waals surface area contributed by atoms with E-state index in [0.29, 0.717) is 0 Å². The number of ether oxygens (including phenoxy) is 1. The van der Waals surface area contributed by atoms with Gasteiger partial charge in [0.1, 0.15) is 0 Å². The Morgan fingerprint density at radius 3 is 2.62 bits per heavy atom. The lowest BCUT2D eigenvalue weighted by molar-refractivity contribution is 0.0592. The van der Waals surface area contributed by atoms with Gasteiger partial charge in [0.25, 0.3) is 0 Å². The second kappa shape index (κ2) is 6.83. The minimum atomic E-state index is 0.896. The Hall–Kier alpha value is 0.440. The number of halogens is 1. The molecule has 13 heavy (non-hydrogen) atoms. The van der Waals surface area contributed by atoms with Crippen LogP contribution in [0.2, 0.25) is 0 Å². The van der Waals surface area contributed by atoms with Gasteiger partial charge < -0.3 is 4.74 Å². The molecular formula is C11H21BrO. The molecule has 0 aromatic carbocycles. The van der Waals surface area contributed by atoms with Gasteiger partial charge in [-0.15, -0.1) is 0 Å². The van der Waals surface area contributed by atoms with Crippen molar-refractivity contribution in [2.75, 3.05) is 18.5 Å². The van der Waals surface area contributed by atoms with Gasteiger partial charge in [-0.05, 0) is 37.5 Å². The highest BCUT2D eigenvalue weighted by molar-refractivity contribution is 9.09. The fourth-order valence-corrected chi connectivity index (χ4v) is 2.71. The van der Waals surface area contributed by atoms with Crippen LogP contribution < -0.4 is 0 Å². The third kappa shape index (κ3) is 4.46. The molecule has 1 fully saturated rings. The summed E-state index contributed by atoms with van der Waals surface area (Å²) in [6.07, 6.45) is 6.67. The average molecular weight is 249 g/mol. The lowest BCUT2D eigenvalue weighted by Gasteiger charge is -2.25. The van der Waals surface area contributed by atoms with Crippen LogP contribution in [0.3, 0.4) is 0 Å². The largest absolute Gasteiger partial charge is 0.381 e. The van der Waals surface area contributed by atoms with Crippen molar-refractivity contribution < 1.29 is 4.74 Å². The van der Waals surface area contributed by atoms with Crippen LogP contribution in [-0.2, 0) is 4.74 Å². The van der Waals surface area contributed by atoms with E-state index in [4.69, 9.17) is 4.74 Å². The third-order valence-electron chi connectivity index (χ3n) is 2.92. The number of hydrogen-bond donors (Lipinski definition) is 0. The van der Waals surface area contributed by atoms with Crippen molar-refractivity contribution in [2.45, 2.75) is 39.0 Å². The maximum absolute atomic E-state index is 5.36. The Kier molecular flexibility index (Phi) is 6.05. The molecule has 0 aromatic rings. The van der Waals surface area contributed by atoms with Crippen LogP contribution in [-0.4, -0.2) is 18.5 Å². The summed E-state index contributed by atoms with van der Waals surface area (Å²) >= 11 is 3.61. The van der Waals surface area contributed by atoms with Crippen molar-refractivity contribution in [3.05, 3.63) is 0 Å². The average Bonchev–Trinajstić information content (AvgIpc) is 2.19. The van der Waals surface area contributed by atoms with Gasteiger partial charge in [-0.2, -0.15) is 0 Å². The Morgan fingerprint density at radius 1 is 1.38 bits per heavy atom. The highest BCUT2D eigenvalue weighted by Crippen LogP contribution is 2.26. The van der Waals surface area contributed by atoms with Crippen molar-refractivity contribution in [3.8, 4) is 0 Å². The Morgan fingerprint density at radius 2 is 2.08 bits per heavy atom. The molecule has 78 valence electrons. The predicted octanol–water partition coefficient (Wildman–Crippen LogP) is 3.61. The summed E-state index contributed by atoms with van der Waals surface area (Å²) in [6.45, 7) is 4.26. The van der Waals surface area contributed by atoms with E-state index in [9.17, 15) is 0 Å². The highest BCUT2D eigenvalue weighted by Gasteiger charge is 2.17. The molecule has 0 spiro atoms. The van der Waals surface area contributed by atoms with Gasteiger partial charge in [0, 0.05) is 18.5 Å². The first-order valence-corrected chi connectivity index (χ1v) is 6.62.